The molecule has 0 aliphatic carbocycles. The van der Waals surface area contributed by atoms with Gasteiger partial charge in [0, 0.05) is 6.20 Å². The SMILES string of the molecule is O=C(O)C1=CN(CC(F)(F)F)C(=O)C1. The van der Waals surface area contributed by atoms with Crippen LogP contribution in [0.25, 0.3) is 0 Å². The molecular formula is C7H6F3NO3. The minimum Gasteiger partial charge on any atom is -0.478 e. The minimum absolute atomic E-state index is 0.320. The van der Waals surface area contributed by atoms with Crippen LogP contribution >= 0.6 is 0 Å². The standard InChI is InChI=1S/C7H6F3NO3/c8-7(9,10)3-11-2-4(6(13)14)1-5(11)12/h2H,1,3H2,(H,13,14). The van der Waals surface area contributed by atoms with Crippen LogP contribution < -0.4 is 0 Å². The zero-order valence-electron chi connectivity index (χ0n) is 6.84. The first-order valence-corrected chi connectivity index (χ1v) is 3.60. The third-order valence-electron chi connectivity index (χ3n) is 1.60. The van der Waals surface area contributed by atoms with Crippen molar-refractivity contribution in [2.24, 2.45) is 0 Å². The maximum atomic E-state index is 11.8. The number of carbonyl (C=O) groups is 2. The van der Waals surface area contributed by atoms with Crippen LogP contribution in [0.4, 0.5) is 13.2 Å². The fourth-order valence-electron chi connectivity index (χ4n) is 1.03. The molecule has 14 heavy (non-hydrogen) atoms. The van der Waals surface area contributed by atoms with Gasteiger partial charge in [0.2, 0.25) is 5.91 Å². The van der Waals surface area contributed by atoms with Crippen LogP contribution in [-0.4, -0.2) is 34.6 Å². The summed E-state index contributed by atoms with van der Waals surface area (Å²) in [6, 6.07) is 0. The van der Waals surface area contributed by atoms with Gasteiger partial charge in [0.15, 0.2) is 0 Å². The molecule has 1 rings (SSSR count). The lowest BCUT2D eigenvalue weighted by atomic mass is 10.2. The monoisotopic (exact) mass is 209 g/mol. The Bertz CT molecular complexity index is 308. The van der Waals surface area contributed by atoms with E-state index in [0.29, 0.717) is 4.90 Å². The summed E-state index contributed by atoms with van der Waals surface area (Å²) in [5, 5.41) is 8.42. The topological polar surface area (TPSA) is 57.6 Å². The third kappa shape index (κ3) is 2.48. The maximum absolute atomic E-state index is 11.8. The third-order valence-corrected chi connectivity index (χ3v) is 1.60. The lowest BCUT2D eigenvalue weighted by molar-refractivity contribution is -0.154. The predicted molar refractivity (Wildman–Crippen MR) is 38.1 cm³/mol. The number of carbonyl (C=O) groups excluding carboxylic acids is 1. The number of amides is 1. The second-order valence-electron chi connectivity index (χ2n) is 2.77. The van der Waals surface area contributed by atoms with Crippen LogP contribution in [-0.2, 0) is 9.59 Å². The van der Waals surface area contributed by atoms with Gasteiger partial charge in [-0.05, 0) is 0 Å². The van der Waals surface area contributed by atoms with Gasteiger partial charge in [0.1, 0.15) is 6.54 Å². The number of hydrogen-bond donors (Lipinski definition) is 1. The fourth-order valence-corrected chi connectivity index (χ4v) is 1.03. The molecule has 0 atom stereocenters. The normalized spacial score (nSPS) is 17.2. The molecule has 4 nitrogen and oxygen atoms in total. The van der Waals surface area contributed by atoms with Crippen molar-refractivity contribution in [2.75, 3.05) is 6.54 Å². The predicted octanol–water partition coefficient (Wildman–Crippen LogP) is 0.750. The summed E-state index contributed by atoms with van der Waals surface area (Å²) in [5.74, 6) is -2.22. The van der Waals surface area contributed by atoms with E-state index in [4.69, 9.17) is 5.11 Å². The van der Waals surface area contributed by atoms with Crippen molar-refractivity contribution >= 4 is 11.9 Å². The smallest absolute Gasteiger partial charge is 0.406 e. The van der Waals surface area contributed by atoms with Crippen molar-refractivity contribution in [1.82, 2.24) is 4.90 Å². The second kappa shape index (κ2) is 3.32. The molecule has 0 spiro atoms. The first-order valence-electron chi connectivity index (χ1n) is 3.60. The lowest BCUT2D eigenvalue weighted by Gasteiger charge is -2.15. The fraction of sp³-hybridized carbons (Fsp3) is 0.429. The van der Waals surface area contributed by atoms with Gasteiger partial charge in [-0.1, -0.05) is 0 Å². The number of alkyl halides is 3. The highest BCUT2D eigenvalue weighted by molar-refractivity contribution is 5.97. The van der Waals surface area contributed by atoms with E-state index in [1.165, 1.54) is 0 Å². The van der Waals surface area contributed by atoms with Crippen LogP contribution in [0, 0.1) is 0 Å². The molecule has 7 heteroatoms. The van der Waals surface area contributed by atoms with Crippen LogP contribution in [0.3, 0.4) is 0 Å². The van der Waals surface area contributed by atoms with Crippen molar-refractivity contribution in [3.05, 3.63) is 11.8 Å². The Balaban J connectivity index is 2.72. The Hall–Kier alpha value is -1.53. The molecule has 0 saturated heterocycles. The quantitative estimate of drug-likeness (QED) is 0.730. The summed E-state index contributed by atoms with van der Waals surface area (Å²) in [6.07, 6.45) is -4.27. The summed E-state index contributed by atoms with van der Waals surface area (Å²) < 4.78 is 35.5. The average molecular weight is 209 g/mol. The van der Waals surface area contributed by atoms with Crippen LogP contribution in [0.1, 0.15) is 6.42 Å². The highest BCUT2D eigenvalue weighted by atomic mass is 19.4. The van der Waals surface area contributed by atoms with E-state index in [9.17, 15) is 22.8 Å². The van der Waals surface area contributed by atoms with Crippen molar-refractivity contribution in [3.8, 4) is 0 Å². The van der Waals surface area contributed by atoms with Crippen LogP contribution in [0.15, 0.2) is 11.8 Å². The molecule has 0 unspecified atom stereocenters. The van der Waals surface area contributed by atoms with E-state index in [1.54, 1.807) is 0 Å². The zero-order valence-corrected chi connectivity index (χ0v) is 6.84. The van der Waals surface area contributed by atoms with Gasteiger partial charge in [0.05, 0.1) is 12.0 Å². The van der Waals surface area contributed by atoms with Gasteiger partial charge in [-0.2, -0.15) is 13.2 Å². The largest absolute Gasteiger partial charge is 0.478 e. The van der Waals surface area contributed by atoms with Gasteiger partial charge in [-0.15, -0.1) is 0 Å². The average Bonchev–Trinajstić information content (AvgIpc) is 2.29. The van der Waals surface area contributed by atoms with Crippen LogP contribution in [0.2, 0.25) is 0 Å². The van der Waals surface area contributed by atoms with Gasteiger partial charge < -0.3 is 10.0 Å². The van der Waals surface area contributed by atoms with Gasteiger partial charge >= 0.3 is 12.1 Å². The van der Waals surface area contributed by atoms with E-state index in [1.807, 2.05) is 0 Å². The molecule has 0 fully saturated rings. The van der Waals surface area contributed by atoms with E-state index >= 15 is 0 Å². The Kier molecular flexibility index (Phi) is 2.50. The van der Waals surface area contributed by atoms with E-state index in [0.717, 1.165) is 6.20 Å². The number of carboxylic acids is 1. The molecule has 78 valence electrons. The number of hydrogen-bond acceptors (Lipinski definition) is 2. The highest BCUT2D eigenvalue weighted by Crippen LogP contribution is 2.22. The molecule has 1 aliphatic heterocycles. The van der Waals surface area contributed by atoms with Crippen molar-refractivity contribution in [2.45, 2.75) is 12.6 Å². The molecule has 0 aromatic heterocycles. The summed E-state index contributed by atoms with van der Waals surface area (Å²) in [4.78, 5) is 21.6. The summed E-state index contributed by atoms with van der Waals surface area (Å²) in [7, 11) is 0. The Morgan fingerprint density at radius 1 is 1.57 bits per heavy atom. The first kappa shape index (κ1) is 10.6. The molecule has 0 aromatic carbocycles. The molecule has 1 heterocycles. The molecule has 0 radical (unpaired) electrons. The Morgan fingerprint density at radius 2 is 2.14 bits per heavy atom. The van der Waals surface area contributed by atoms with E-state index in [2.05, 4.69) is 0 Å². The van der Waals surface area contributed by atoms with Gasteiger partial charge in [0.25, 0.3) is 0 Å². The summed E-state index contributed by atoms with van der Waals surface area (Å²) in [6.45, 7) is -1.44. The Morgan fingerprint density at radius 3 is 2.50 bits per heavy atom. The molecule has 0 bridgehead atoms. The number of halogens is 3. The van der Waals surface area contributed by atoms with Crippen molar-refractivity contribution in [1.29, 1.82) is 0 Å². The van der Waals surface area contributed by atoms with Gasteiger partial charge in [-0.3, -0.25) is 4.79 Å². The highest BCUT2D eigenvalue weighted by Gasteiger charge is 2.36. The molecular weight excluding hydrogens is 203 g/mol. The lowest BCUT2D eigenvalue weighted by Crippen LogP contribution is -2.32. The number of nitrogens with zero attached hydrogens (tertiary/aromatic N) is 1. The number of aliphatic carboxylic acids is 1. The molecule has 1 aliphatic rings. The minimum atomic E-state index is -4.51. The summed E-state index contributed by atoms with van der Waals surface area (Å²) in [5.41, 5.74) is -0.320. The van der Waals surface area contributed by atoms with Crippen molar-refractivity contribution < 1.29 is 27.9 Å². The van der Waals surface area contributed by atoms with E-state index < -0.39 is 31.0 Å². The van der Waals surface area contributed by atoms with Crippen molar-refractivity contribution in [3.63, 3.8) is 0 Å². The number of carboxylic acid groups (broad SMARTS) is 1. The molecule has 0 aromatic rings. The van der Waals surface area contributed by atoms with Gasteiger partial charge in [-0.25, -0.2) is 4.79 Å². The first-order chi connectivity index (χ1) is 6.29. The number of rotatable bonds is 2. The zero-order chi connectivity index (χ0) is 10.9. The summed E-state index contributed by atoms with van der Waals surface area (Å²) >= 11 is 0. The molecule has 1 N–H and O–H groups in total. The second-order valence-corrected chi connectivity index (χ2v) is 2.77. The molecule has 1 amide bonds. The Labute approximate surface area is 76.6 Å². The molecule has 0 saturated carbocycles. The van der Waals surface area contributed by atoms with Crippen LogP contribution in [0.5, 0.6) is 0 Å². The van der Waals surface area contributed by atoms with E-state index in [-0.39, 0.29) is 5.57 Å². The maximum Gasteiger partial charge on any atom is 0.406 e.